The van der Waals surface area contributed by atoms with Crippen molar-refractivity contribution < 1.29 is 18.0 Å². The van der Waals surface area contributed by atoms with E-state index in [1.807, 2.05) is 48.0 Å². The lowest BCUT2D eigenvalue weighted by atomic mass is 9.95. The van der Waals surface area contributed by atoms with Gasteiger partial charge in [-0.05, 0) is 61.7 Å². The van der Waals surface area contributed by atoms with Gasteiger partial charge in [-0.2, -0.15) is 0 Å². The van der Waals surface area contributed by atoms with Crippen LogP contribution in [0.1, 0.15) is 25.3 Å². The van der Waals surface area contributed by atoms with Crippen LogP contribution in [0.25, 0.3) is 11.3 Å². The number of hydrogen-bond acceptors (Lipinski definition) is 7. The van der Waals surface area contributed by atoms with Crippen LogP contribution in [0.2, 0.25) is 0 Å². The highest BCUT2D eigenvalue weighted by atomic mass is 32.2. The Morgan fingerprint density at radius 3 is 2.23 bits per heavy atom. The zero-order chi connectivity index (χ0) is 25.0. The molecule has 182 valence electrons. The van der Waals surface area contributed by atoms with Crippen molar-refractivity contribution in [3.05, 3.63) is 66.2 Å². The molecule has 1 aromatic heterocycles. The maximum Gasteiger partial charge on any atom is 0.264 e. The minimum Gasteiger partial charge on any atom is -0.355 e. The first-order chi connectivity index (χ1) is 16.7. The van der Waals surface area contributed by atoms with Gasteiger partial charge in [0.25, 0.3) is 10.0 Å². The number of benzene rings is 2. The molecule has 35 heavy (non-hydrogen) atoms. The highest BCUT2D eigenvalue weighted by Crippen LogP contribution is 2.26. The Morgan fingerprint density at radius 1 is 0.943 bits per heavy atom. The number of carbonyl (C=O) groups is 2. The molecule has 9 nitrogen and oxygen atoms in total. The van der Waals surface area contributed by atoms with Gasteiger partial charge < -0.3 is 10.2 Å². The van der Waals surface area contributed by atoms with Crippen LogP contribution >= 0.6 is 0 Å². The number of sulfonamides is 1. The van der Waals surface area contributed by atoms with E-state index in [0.29, 0.717) is 31.6 Å². The predicted octanol–water partition coefficient (Wildman–Crippen LogP) is 3.13. The van der Waals surface area contributed by atoms with E-state index in [2.05, 4.69) is 20.4 Å². The molecular formula is C25H27N5O4S. The third kappa shape index (κ3) is 5.83. The summed E-state index contributed by atoms with van der Waals surface area (Å²) in [5.41, 5.74) is 3.53. The van der Waals surface area contributed by atoms with Crippen LogP contribution in [-0.2, 0) is 19.6 Å². The number of rotatable bonds is 6. The summed E-state index contributed by atoms with van der Waals surface area (Å²) in [6.07, 6.45) is 1.34. The molecule has 1 aliphatic heterocycles. The molecule has 2 aromatic carbocycles. The van der Waals surface area contributed by atoms with Gasteiger partial charge in [-0.15, -0.1) is 10.2 Å². The van der Waals surface area contributed by atoms with Gasteiger partial charge >= 0.3 is 0 Å². The standard InChI is InChI=1S/C25H27N5O4S/c1-17-5-3-4-6-22(17)23-11-12-24(28-27-23)30-15-13-19(14-16-30)25(32)26-20-7-9-21(10-8-20)35(33,34)29-18(2)31/h3-12,19H,13-16H2,1-2H3,(H,26,32)(H,29,31). The second-order valence-electron chi connectivity index (χ2n) is 8.53. The Kier molecular flexibility index (Phi) is 7.11. The van der Waals surface area contributed by atoms with E-state index in [9.17, 15) is 18.0 Å². The second kappa shape index (κ2) is 10.2. The molecule has 0 saturated carbocycles. The SMILES string of the molecule is CC(=O)NS(=O)(=O)c1ccc(NC(=O)C2CCN(c3ccc(-c4ccccc4C)nn3)CC2)cc1. The molecule has 10 heteroatoms. The van der Waals surface area contributed by atoms with E-state index in [1.54, 1.807) is 0 Å². The number of piperidine rings is 1. The minimum atomic E-state index is -3.91. The minimum absolute atomic E-state index is 0.0476. The predicted molar refractivity (Wildman–Crippen MR) is 133 cm³/mol. The van der Waals surface area contributed by atoms with Crippen molar-refractivity contribution in [3.63, 3.8) is 0 Å². The number of aromatic nitrogens is 2. The van der Waals surface area contributed by atoms with E-state index in [4.69, 9.17) is 0 Å². The van der Waals surface area contributed by atoms with Crippen molar-refractivity contribution in [1.29, 1.82) is 0 Å². The van der Waals surface area contributed by atoms with Crippen LogP contribution in [0.4, 0.5) is 11.5 Å². The maximum absolute atomic E-state index is 12.7. The number of nitrogens with one attached hydrogen (secondary N) is 2. The molecule has 4 rings (SSSR count). The zero-order valence-corrected chi connectivity index (χ0v) is 20.4. The quantitative estimate of drug-likeness (QED) is 0.541. The number of anilines is 2. The zero-order valence-electron chi connectivity index (χ0n) is 19.6. The summed E-state index contributed by atoms with van der Waals surface area (Å²) in [5, 5.41) is 11.7. The Hall–Kier alpha value is -3.79. The Bertz CT molecular complexity index is 1320. The Balaban J connectivity index is 1.32. The number of nitrogens with zero attached hydrogens (tertiary/aromatic N) is 3. The van der Waals surface area contributed by atoms with Crippen molar-refractivity contribution >= 4 is 33.3 Å². The molecule has 0 unspecified atom stereocenters. The number of amides is 2. The third-order valence-corrected chi connectivity index (χ3v) is 7.42. The van der Waals surface area contributed by atoms with Gasteiger partial charge in [0.2, 0.25) is 11.8 Å². The van der Waals surface area contributed by atoms with Crippen molar-refractivity contribution in [2.24, 2.45) is 5.92 Å². The summed E-state index contributed by atoms with van der Waals surface area (Å²) in [7, 11) is -3.91. The number of aryl methyl sites for hydroxylation is 1. The lowest BCUT2D eigenvalue weighted by Gasteiger charge is -2.31. The van der Waals surface area contributed by atoms with Crippen molar-refractivity contribution in [1.82, 2.24) is 14.9 Å². The molecule has 0 atom stereocenters. The molecule has 2 amide bonds. The van der Waals surface area contributed by atoms with Crippen molar-refractivity contribution in [3.8, 4) is 11.3 Å². The number of carbonyl (C=O) groups excluding carboxylic acids is 2. The van der Waals surface area contributed by atoms with Gasteiger partial charge in [0.15, 0.2) is 5.82 Å². The van der Waals surface area contributed by atoms with Gasteiger partial charge in [-0.25, -0.2) is 13.1 Å². The van der Waals surface area contributed by atoms with Gasteiger partial charge in [0, 0.05) is 37.2 Å². The number of hydrogen-bond donors (Lipinski definition) is 2. The van der Waals surface area contributed by atoms with Gasteiger partial charge in [0.05, 0.1) is 10.6 Å². The van der Waals surface area contributed by atoms with Gasteiger partial charge in [0.1, 0.15) is 0 Å². The first kappa shape index (κ1) is 24.3. The van der Waals surface area contributed by atoms with E-state index in [1.165, 1.54) is 24.3 Å². The maximum atomic E-state index is 12.7. The Morgan fingerprint density at radius 2 is 1.63 bits per heavy atom. The lowest BCUT2D eigenvalue weighted by molar-refractivity contribution is -0.120. The molecule has 0 bridgehead atoms. The van der Waals surface area contributed by atoms with E-state index in [-0.39, 0.29) is 16.7 Å². The Labute approximate surface area is 204 Å². The highest BCUT2D eigenvalue weighted by molar-refractivity contribution is 7.90. The molecule has 3 aromatic rings. The largest absolute Gasteiger partial charge is 0.355 e. The van der Waals surface area contributed by atoms with Crippen LogP contribution in [0, 0.1) is 12.8 Å². The fourth-order valence-electron chi connectivity index (χ4n) is 4.08. The molecule has 1 aliphatic rings. The van der Waals surface area contributed by atoms with Crippen molar-refractivity contribution in [2.75, 3.05) is 23.3 Å². The average molecular weight is 494 g/mol. The monoisotopic (exact) mass is 493 g/mol. The van der Waals surface area contributed by atoms with Crippen LogP contribution < -0.4 is 14.9 Å². The summed E-state index contributed by atoms with van der Waals surface area (Å²) in [6.45, 7) is 4.54. The van der Waals surface area contributed by atoms with Crippen LogP contribution in [0.5, 0.6) is 0 Å². The average Bonchev–Trinajstić information content (AvgIpc) is 2.84. The molecule has 2 N–H and O–H groups in total. The van der Waals surface area contributed by atoms with Crippen LogP contribution in [0.3, 0.4) is 0 Å². The molecular weight excluding hydrogens is 466 g/mol. The summed E-state index contributed by atoms with van der Waals surface area (Å²) in [5.74, 6) is -0.143. The smallest absolute Gasteiger partial charge is 0.264 e. The summed E-state index contributed by atoms with van der Waals surface area (Å²) >= 11 is 0. The lowest BCUT2D eigenvalue weighted by Crippen LogP contribution is -2.38. The van der Waals surface area contributed by atoms with Gasteiger partial charge in [-0.1, -0.05) is 24.3 Å². The van der Waals surface area contributed by atoms with Crippen LogP contribution in [-0.4, -0.2) is 43.5 Å². The fourth-order valence-corrected chi connectivity index (χ4v) is 5.07. The molecule has 1 saturated heterocycles. The first-order valence-electron chi connectivity index (χ1n) is 11.3. The summed E-state index contributed by atoms with van der Waals surface area (Å²) in [4.78, 5) is 25.9. The molecule has 2 heterocycles. The van der Waals surface area contributed by atoms with Gasteiger partial charge in [-0.3, -0.25) is 9.59 Å². The van der Waals surface area contributed by atoms with E-state index < -0.39 is 15.9 Å². The van der Waals surface area contributed by atoms with Crippen molar-refractivity contribution in [2.45, 2.75) is 31.6 Å². The van der Waals surface area contributed by atoms with Crippen LogP contribution in [0.15, 0.2) is 65.6 Å². The molecule has 0 spiro atoms. The third-order valence-electron chi connectivity index (χ3n) is 5.97. The topological polar surface area (TPSA) is 121 Å². The first-order valence-corrected chi connectivity index (χ1v) is 12.8. The highest BCUT2D eigenvalue weighted by Gasteiger charge is 2.26. The fraction of sp³-hybridized carbons (Fsp3) is 0.280. The van der Waals surface area contributed by atoms with E-state index >= 15 is 0 Å². The van der Waals surface area contributed by atoms with E-state index in [0.717, 1.165) is 29.6 Å². The molecule has 0 radical (unpaired) electrons. The normalized spacial score (nSPS) is 14.4. The summed E-state index contributed by atoms with van der Waals surface area (Å²) in [6, 6.07) is 17.7. The summed E-state index contributed by atoms with van der Waals surface area (Å²) < 4.78 is 26.0. The molecule has 1 fully saturated rings. The second-order valence-corrected chi connectivity index (χ2v) is 10.2. The molecule has 0 aliphatic carbocycles.